The van der Waals surface area contributed by atoms with Crippen LogP contribution in [-0.4, -0.2) is 12.6 Å². The molecule has 0 atom stereocenters. The number of hydrogen-bond acceptors (Lipinski definition) is 1. The first-order chi connectivity index (χ1) is 4.91. The molecule has 0 fully saturated rings. The Hall–Kier alpha value is -0.920. The van der Waals surface area contributed by atoms with Crippen LogP contribution in [0.4, 0.5) is 0 Å². The molecule has 0 heterocycles. The van der Waals surface area contributed by atoms with Crippen LogP contribution in [0.2, 0.25) is 0 Å². The van der Waals surface area contributed by atoms with Gasteiger partial charge in [0.05, 0.1) is 0 Å². The third-order valence-electron chi connectivity index (χ3n) is 0.848. The maximum absolute atomic E-state index is 3.90. The molecule has 0 bridgehead atoms. The highest BCUT2D eigenvalue weighted by Crippen LogP contribution is 1.79. The van der Waals surface area contributed by atoms with Gasteiger partial charge in [0.15, 0.2) is 0 Å². The van der Waals surface area contributed by atoms with E-state index in [0.29, 0.717) is 0 Å². The van der Waals surface area contributed by atoms with Crippen molar-refractivity contribution >= 4 is 12.6 Å². The zero-order chi connectivity index (χ0) is 7.66. The maximum Gasteiger partial charge on any atom is 0.114 e. The zero-order valence-electron chi connectivity index (χ0n) is 6.62. The molecule has 0 saturated carbocycles. The van der Waals surface area contributed by atoms with Crippen molar-refractivity contribution in [2.45, 2.75) is 26.7 Å². The molecule has 56 valence electrons. The Kier molecular flexibility index (Phi) is 7.34. The normalized spacial score (nSPS) is 12.6. The molecule has 0 amide bonds. The topological polar surface area (TPSA) is 24.7 Å². The molecule has 0 rings (SSSR count). The van der Waals surface area contributed by atoms with Gasteiger partial charge >= 0.3 is 0 Å². The molecule has 2 heteroatoms. The van der Waals surface area contributed by atoms with E-state index in [9.17, 15) is 0 Å². The lowest BCUT2D eigenvalue weighted by atomic mass is 10.5. The van der Waals surface area contributed by atoms with Crippen molar-refractivity contribution in [3.05, 3.63) is 12.3 Å². The Morgan fingerprint density at radius 3 is 2.50 bits per heavy atom. The van der Waals surface area contributed by atoms with Crippen molar-refractivity contribution in [1.29, 1.82) is 0 Å². The fourth-order valence-electron chi connectivity index (χ4n) is 0.396. The Labute approximate surface area is 62.4 Å². The second-order valence-electron chi connectivity index (χ2n) is 1.80. The van der Waals surface area contributed by atoms with Gasteiger partial charge in [0, 0.05) is 12.4 Å². The standard InChI is InChI=1S/C8H14N2/c1-3-5-7-10-8-9-6-4-2/h5-8H,3-4H2,1-2H3/b7-5-,9-6?,10-8?. The fraction of sp³-hybridized carbons (Fsp3) is 0.500. The molecule has 0 aliphatic carbocycles. The van der Waals surface area contributed by atoms with Gasteiger partial charge in [0.1, 0.15) is 6.34 Å². The predicted octanol–water partition coefficient (Wildman–Crippen LogP) is 2.42. The van der Waals surface area contributed by atoms with Crippen LogP contribution in [0.5, 0.6) is 0 Å². The molecule has 2 nitrogen and oxygen atoms in total. The van der Waals surface area contributed by atoms with Gasteiger partial charge in [0.2, 0.25) is 0 Å². The highest BCUT2D eigenvalue weighted by Gasteiger charge is 1.63. The number of hydrogen-bond donors (Lipinski definition) is 0. The summed E-state index contributed by atoms with van der Waals surface area (Å²) in [6, 6.07) is 0. The summed E-state index contributed by atoms with van der Waals surface area (Å²) < 4.78 is 0. The third-order valence-corrected chi connectivity index (χ3v) is 0.848. The molecule has 0 aliphatic heterocycles. The van der Waals surface area contributed by atoms with E-state index in [-0.39, 0.29) is 0 Å². The summed E-state index contributed by atoms with van der Waals surface area (Å²) in [6.07, 6.45) is 9.10. The quantitative estimate of drug-likeness (QED) is 0.421. The molecule has 0 unspecified atom stereocenters. The smallest absolute Gasteiger partial charge is 0.114 e. The van der Waals surface area contributed by atoms with Crippen molar-refractivity contribution < 1.29 is 0 Å². The van der Waals surface area contributed by atoms with Gasteiger partial charge < -0.3 is 0 Å². The van der Waals surface area contributed by atoms with Gasteiger partial charge in [-0.1, -0.05) is 19.9 Å². The Balaban J connectivity index is 3.37. The van der Waals surface area contributed by atoms with Gasteiger partial charge in [-0.3, -0.25) is 0 Å². The number of aliphatic imine (C=N–C) groups is 2. The number of allylic oxidation sites excluding steroid dienone is 1. The lowest BCUT2D eigenvalue weighted by molar-refractivity contribution is 1.21. The van der Waals surface area contributed by atoms with Crippen molar-refractivity contribution in [1.82, 2.24) is 0 Å². The molecule has 0 radical (unpaired) electrons. The summed E-state index contributed by atoms with van der Waals surface area (Å²) in [5, 5.41) is 0. The molecule has 0 aliphatic rings. The highest BCUT2D eigenvalue weighted by atomic mass is 14.8. The summed E-state index contributed by atoms with van der Waals surface area (Å²) in [4.78, 5) is 7.79. The van der Waals surface area contributed by atoms with Crippen molar-refractivity contribution in [2.24, 2.45) is 9.98 Å². The maximum atomic E-state index is 3.90. The highest BCUT2D eigenvalue weighted by molar-refractivity contribution is 5.72. The summed E-state index contributed by atoms with van der Waals surface area (Å²) >= 11 is 0. The number of nitrogens with zero attached hydrogens (tertiary/aromatic N) is 2. The van der Waals surface area contributed by atoms with Gasteiger partial charge in [-0.25, -0.2) is 9.98 Å². The van der Waals surface area contributed by atoms with Gasteiger partial charge in [-0.05, 0) is 12.8 Å². The lowest BCUT2D eigenvalue weighted by Crippen LogP contribution is -1.68. The van der Waals surface area contributed by atoms with Crippen LogP contribution in [0.25, 0.3) is 0 Å². The van der Waals surface area contributed by atoms with Crippen LogP contribution in [0.15, 0.2) is 22.3 Å². The molecule has 0 aromatic rings. The lowest BCUT2D eigenvalue weighted by Gasteiger charge is -1.75. The van der Waals surface area contributed by atoms with E-state index in [1.165, 1.54) is 0 Å². The van der Waals surface area contributed by atoms with E-state index in [4.69, 9.17) is 0 Å². The van der Waals surface area contributed by atoms with Crippen molar-refractivity contribution in [3.8, 4) is 0 Å². The molecule has 0 aromatic carbocycles. The summed E-state index contributed by atoms with van der Waals surface area (Å²) in [5.41, 5.74) is 0. The Morgan fingerprint density at radius 2 is 1.90 bits per heavy atom. The molecule has 0 saturated heterocycles. The van der Waals surface area contributed by atoms with Crippen molar-refractivity contribution in [2.75, 3.05) is 0 Å². The van der Waals surface area contributed by atoms with Crippen LogP contribution in [0, 0.1) is 0 Å². The van der Waals surface area contributed by atoms with E-state index < -0.39 is 0 Å². The van der Waals surface area contributed by atoms with E-state index in [1.807, 2.05) is 19.2 Å². The second-order valence-corrected chi connectivity index (χ2v) is 1.80. The van der Waals surface area contributed by atoms with Crippen LogP contribution >= 0.6 is 0 Å². The largest absolute Gasteiger partial charge is 0.249 e. The van der Waals surface area contributed by atoms with Crippen molar-refractivity contribution in [3.63, 3.8) is 0 Å². The Bertz CT molecular complexity index is 118. The molecular formula is C8H14N2. The molecular weight excluding hydrogens is 124 g/mol. The minimum Gasteiger partial charge on any atom is -0.249 e. The van der Waals surface area contributed by atoms with E-state index in [1.54, 1.807) is 12.5 Å². The minimum atomic E-state index is 0.962. The summed E-state index contributed by atoms with van der Waals surface area (Å²) in [7, 11) is 0. The zero-order valence-corrected chi connectivity index (χ0v) is 6.62. The molecule has 0 aromatic heterocycles. The first-order valence-corrected chi connectivity index (χ1v) is 3.60. The Morgan fingerprint density at radius 1 is 1.10 bits per heavy atom. The summed E-state index contributed by atoms with van der Waals surface area (Å²) in [5.74, 6) is 0. The average molecular weight is 138 g/mol. The fourth-order valence-corrected chi connectivity index (χ4v) is 0.396. The summed E-state index contributed by atoms with van der Waals surface area (Å²) in [6.45, 7) is 4.11. The first-order valence-electron chi connectivity index (χ1n) is 3.60. The van der Waals surface area contributed by atoms with Crippen LogP contribution in [0.3, 0.4) is 0 Å². The van der Waals surface area contributed by atoms with E-state index >= 15 is 0 Å². The molecule has 0 spiro atoms. The SMILES string of the molecule is CCC=NC=N/C=C\CC. The van der Waals surface area contributed by atoms with Gasteiger partial charge in [-0.15, -0.1) is 0 Å². The monoisotopic (exact) mass is 138 g/mol. The van der Waals surface area contributed by atoms with Gasteiger partial charge in [-0.2, -0.15) is 0 Å². The molecule has 0 N–H and O–H groups in total. The average Bonchev–Trinajstić information content (AvgIpc) is 1.97. The van der Waals surface area contributed by atoms with E-state index in [2.05, 4.69) is 16.9 Å². The minimum absolute atomic E-state index is 0.962. The van der Waals surface area contributed by atoms with Crippen LogP contribution in [0.1, 0.15) is 26.7 Å². The first kappa shape index (κ1) is 9.08. The van der Waals surface area contributed by atoms with E-state index in [0.717, 1.165) is 12.8 Å². The predicted molar refractivity (Wildman–Crippen MR) is 46.7 cm³/mol. The molecule has 10 heavy (non-hydrogen) atoms. The third kappa shape index (κ3) is 7.08. The number of rotatable bonds is 4. The second kappa shape index (κ2) is 8.08. The van der Waals surface area contributed by atoms with Crippen LogP contribution in [-0.2, 0) is 0 Å². The van der Waals surface area contributed by atoms with Gasteiger partial charge in [0.25, 0.3) is 0 Å². The van der Waals surface area contributed by atoms with Crippen LogP contribution < -0.4 is 0 Å².